The highest BCUT2D eigenvalue weighted by molar-refractivity contribution is 5.75. The zero-order valence-electron chi connectivity index (χ0n) is 14.6. The van der Waals surface area contributed by atoms with E-state index in [1.54, 1.807) is 0 Å². The molecule has 0 atom stereocenters. The van der Waals surface area contributed by atoms with E-state index in [-0.39, 0.29) is 5.91 Å². The van der Waals surface area contributed by atoms with Crippen molar-refractivity contribution in [3.05, 3.63) is 17.5 Å². The molecule has 0 spiro atoms. The van der Waals surface area contributed by atoms with Crippen LogP contribution in [0.1, 0.15) is 43.4 Å². The van der Waals surface area contributed by atoms with Crippen molar-refractivity contribution in [3.63, 3.8) is 0 Å². The number of ether oxygens (including phenoxy) is 1. The van der Waals surface area contributed by atoms with Crippen LogP contribution in [0.25, 0.3) is 0 Å². The van der Waals surface area contributed by atoms with Gasteiger partial charge in [-0.2, -0.15) is 5.10 Å². The van der Waals surface area contributed by atoms with Gasteiger partial charge in [-0.1, -0.05) is 12.8 Å². The Labute approximate surface area is 144 Å². The molecule has 2 aliphatic rings. The minimum absolute atomic E-state index is 0.0625. The van der Waals surface area contributed by atoms with E-state index in [0.717, 1.165) is 58.7 Å². The maximum Gasteiger partial charge on any atom is 0.241 e. The van der Waals surface area contributed by atoms with Gasteiger partial charge in [0.1, 0.15) is 6.54 Å². The first-order valence-electron chi connectivity index (χ1n) is 9.43. The Morgan fingerprint density at radius 2 is 1.96 bits per heavy atom. The lowest BCUT2D eigenvalue weighted by atomic mass is 9.99. The fraction of sp³-hybridized carbons (Fsp3) is 0.778. The van der Waals surface area contributed by atoms with E-state index < -0.39 is 0 Å². The molecule has 1 aliphatic heterocycles. The van der Waals surface area contributed by atoms with Gasteiger partial charge in [-0.15, -0.1) is 0 Å². The topological polar surface area (TPSA) is 59.4 Å². The summed E-state index contributed by atoms with van der Waals surface area (Å²) in [6.45, 7) is 5.77. The molecule has 6 nitrogen and oxygen atoms in total. The molecular weight excluding hydrogens is 304 g/mol. The van der Waals surface area contributed by atoms with E-state index >= 15 is 0 Å². The van der Waals surface area contributed by atoms with Gasteiger partial charge in [-0.25, -0.2) is 0 Å². The van der Waals surface area contributed by atoms with E-state index in [1.807, 2.05) is 4.68 Å². The Balaban J connectivity index is 1.37. The molecule has 0 unspecified atom stereocenters. The van der Waals surface area contributed by atoms with E-state index in [2.05, 4.69) is 21.5 Å². The molecule has 1 aromatic rings. The van der Waals surface area contributed by atoms with Gasteiger partial charge >= 0.3 is 0 Å². The van der Waals surface area contributed by atoms with Crippen LogP contribution in [0.3, 0.4) is 0 Å². The number of nitrogens with one attached hydrogen (secondary N) is 1. The van der Waals surface area contributed by atoms with E-state index in [4.69, 9.17) is 4.74 Å². The molecule has 0 saturated carbocycles. The minimum Gasteiger partial charge on any atom is -0.379 e. The number of hydrogen-bond acceptors (Lipinski definition) is 4. The smallest absolute Gasteiger partial charge is 0.241 e. The van der Waals surface area contributed by atoms with Crippen LogP contribution in [-0.2, 0) is 28.9 Å². The van der Waals surface area contributed by atoms with Crippen LogP contribution in [-0.4, -0.2) is 60.0 Å². The molecule has 0 radical (unpaired) electrons. The first-order chi connectivity index (χ1) is 11.8. The number of rotatable bonds is 6. The van der Waals surface area contributed by atoms with Crippen LogP contribution in [0.2, 0.25) is 0 Å². The third-order valence-corrected chi connectivity index (χ3v) is 4.92. The third kappa shape index (κ3) is 5.31. The minimum atomic E-state index is 0.0625. The molecule has 1 aromatic heterocycles. The summed E-state index contributed by atoms with van der Waals surface area (Å²) in [5.41, 5.74) is 2.55. The van der Waals surface area contributed by atoms with Gasteiger partial charge < -0.3 is 10.1 Å². The van der Waals surface area contributed by atoms with Gasteiger partial charge in [-0.3, -0.25) is 14.4 Å². The number of aromatic nitrogens is 2. The highest BCUT2D eigenvalue weighted by Gasteiger charge is 2.13. The van der Waals surface area contributed by atoms with Gasteiger partial charge in [0.25, 0.3) is 0 Å². The van der Waals surface area contributed by atoms with Crippen LogP contribution in [0.15, 0.2) is 6.20 Å². The van der Waals surface area contributed by atoms with Crippen molar-refractivity contribution in [1.82, 2.24) is 20.0 Å². The standard InChI is InChI=1S/C18H30N4O2/c23-18(19-8-5-9-21-10-12-24-13-11-21)15-22-14-16-6-3-1-2-4-7-17(16)20-22/h14H,1-13,15H2,(H,19,23). The summed E-state index contributed by atoms with van der Waals surface area (Å²) in [4.78, 5) is 14.5. The Hall–Kier alpha value is -1.40. The quantitative estimate of drug-likeness (QED) is 0.799. The second-order valence-electron chi connectivity index (χ2n) is 6.87. The fourth-order valence-corrected chi connectivity index (χ4v) is 3.52. The lowest BCUT2D eigenvalue weighted by Gasteiger charge is -2.26. The second kappa shape index (κ2) is 9.18. The van der Waals surface area contributed by atoms with E-state index in [1.165, 1.54) is 36.9 Å². The van der Waals surface area contributed by atoms with Crippen LogP contribution < -0.4 is 5.32 Å². The summed E-state index contributed by atoms with van der Waals surface area (Å²) < 4.78 is 7.17. The summed E-state index contributed by atoms with van der Waals surface area (Å²) in [5.74, 6) is 0.0625. The van der Waals surface area contributed by atoms with Crippen molar-refractivity contribution in [3.8, 4) is 0 Å². The molecule has 6 heteroatoms. The monoisotopic (exact) mass is 334 g/mol. The van der Waals surface area contributed by atoms with Gasteiger partial charge in [0.2, 0.25) is 5.91 Å². The molecule has 2 heterocycles. The second-order valence-corrected chi connectivity index (χ2v) is 6.87. The fourth-order valence-electron chi connectivity index (χ4n) is 3.52. The maximum absolute atomic E-state index is 12.1. The lowest BCUT2D eigenvalue weighted by Crippen LogP contribution is -2.38. The van der Waals surface area contributed by atoms with Crippen molar-refractivity contribution < 1.29 is 9.53 Å². The Morgan fingerprint density at radius 3 is 2.79 bits per heavy atom. The van der Waals surface area contributed by atoms with Crippen molar-refractivity contribution in [2.75, 3.05) is 39.4 Å². The first-order valence-corrected chi connectivity index (χ1v) is 9.43. The summed E-state index contributed by atoms with van der Waals surface area (Å²) in [7, 11) is 0. The van der Waals surface area contributed by atoms with Crippen molar-refractivity contribution in [2.45, 2.75) is 51.5 Å². The van der Waals surface area contributed by atoms with Gasteiger partial charge in [-0.05, 0) is 44.2 Å². The van der Waals surface area contributed by atoms with E-state index in [9.17, 15) is 4.79 Å². The molecule has 1 aliphatic carbocycles. The summed E-state index contributed by atoms with van der Waals surface area (Å²) >= 11 is 0. The number of carbonyl (C=O) groups excluding carboxylic acids is 1. The average Bonchev–Trinajstić information content (AvgIpc) is 2.93. The SMILES string of the molecule is O=C(Cn1cc2c(n1)CCCCCC2)NCCCN1CCOCC1. The molecule has 24 heavy (non-hydrogen) atoms. The Morgan fingerprint density at radius 1 is 1.17 bits per heavy atom. The molecule has 1 N–H and O–H groups in total. The van der Waals surface area contributed by atoms with Crippen molar-refractivity contribution in [1.29, 1.82) is 0 Å². The summed E-state index contributed by atoms with van der Waals surface area (Å²) in [5, 5.41) is 7.65. The molecule has 3 rings (SSSR count). The molecule has 1 amide bonds. The average molecular weight is 334 g/mol. The van der Waals surface area contributed by atoms with Crippen molar-refractivity contribution >= 4 is 5.91 Å². The van der Waals surface area contributed by atoms with Crippen molar-refractivity contribution in [2.24, 2.45) is 0 Å². The van der Waals surface area contributed by atoms with Gasteiger partial charge in [0, 0.05) is 25.8 Å². The number of morpholine rings is 1. The third-order valence-electron chi connectivity index (χ3n) is 4.92. The zero-order chi connectivity index (χ0) is 16.6. The largest absolute Gasteiger partial charge is 0.379 e. The highest BCUT2D eigenvalue weighted by Crippen LogP contribution is 2.18. The predicted octanol–water partition coefficient (Wildman–Crippen LogP) is 1.38. The number of fused-ring (bicyclic) bond motifs is 1. The van der Waals surface area contributed by atoms with Crippen LogP contribution in [0.5, 0.6) is 0 Å². The molecule has 1 fully saturated rings. The number of hydrogen-bond donors (Lipinski definition) is 1. The highest BCUT2D eigenvalue weighted by atomic mass is 16.5. The summed E-state index contributed by atoms with van der Waals surface area (Å²) in [6, 6.07) is 0. The number of carbonyl (C=O) groups is 1. The Bertz CT molecular complexity index is 498. The predicted molar refractivity (Wildman–Crippen MR) is 93.0 cm³/mol. The molecule has 0 aromatic carbocycles. The normalized spacial score (nSPS) is 19.3. The number of aryl methyl sites for hydroxylation is 2. The molecular formula is C18H30N4O2. The lowest BCUT2D eigenvalue weighted by molar-refractivity contribution is -0.121. The van der Waals surface area contributed by atoms with Gasteiger partial charge in [0.05, 0.1) is 18.9 Å². The van der Waals surface area contributed by atoms with E-state index in [0.29, 0.717) is 6.54 Å². The van der Waals surface area contributed by atoms with Gasteiger partial charge in [0.15, 0.2) is 0 Å². The summed E-state index contributed by atoms with van der Waals surface area (Å²) in [6.07, 6.45) is 10.3. The molecule has 1 saturated heterocycles. The van der Waals surface area contributed by atoms with Crippen LogP contribution in [0, 0.1) is 0 Å². The molecule has 0 bridgehead atoms. The number of nitrogens with zero attached hydrogens (tertiary/aromatic N) is 3. The van der Waals surface area contributed by atoms with Crippen LogP contribution in [0.4, 0.5) is 0 Å². The first kappa shape index (κ1) is 17.4. The number of amides is 1. The zero-order valence-corrected chi connectivity index (χ0v) is 14.6. The van der Waals surface area contributed by atoms with Crippen LogP contribution >= 0.6 is 0 Å². The Kier molecular flexibility index (Phi) is 6.66. The maximum atomic E-state index is 12.1. The molecule has 134 valence electrons.